The van der Waals surface area contributed by atoms with Crippen molar-refractivity contribution in [3.05, 3.63) is 42.0 Å². The molecule has 2 aromatic heterocycles. The molecule has 102 valence electrons. The number of carbonyl (C=O) groups is 1. The van der Waals surface area contributed by atoms with E-state index in [1.165, 1.54) is 0 Å². The summed E-state index contributed by atoms with van der Waals surface area (Å²) in [6.07, 6.45) is 2.54. The summed E-state index contributed by atoms with van der Waals surface area (Å²) in [6.45, 7) is 0.533. The van der Waals surface area contributed by atoms with E-state index in [4.69, 9.17) is 0 Å². The summed E-state index contributed by atoms with van der Waals surface area (Å²) in [4.78, 5) is 19.3. The SMILES string of the molecule is O=C(Cc1nc2ccccc2[nH]1)NCCc1cn[nH]n1. The summed E-state index contributed by atoms with van der Waals surface area (Å²) >= 11 is 0. The Hall–Kier alpha value is -2.70. The van der Waals surface area contributed by atoms with Gasteiger partial charge in [-0.2, -0.15) is 15.4 Å². The van der Waals surface area contributed by atoms with Crippen molar-refractivity contribution < 1.29 is 4.79 Å². The van der Waals surface area contributed by atoms with Gasteiger partial charge in [0.25, 0.3) is 0 Å². The van der Waals surface area contributed by atoms with Gasteiger partial charge in [0, 0.05) is 13.0 Å². The minimum absolute atomic E-state index is 0.0625. The summed E-state index contributed by atoms with van der Waals surface area (Å²) in [6, 6.07) is 7.71. The quantitative estimate of drug-likeness (QED) is 0.631. The number of para-hydroxylation sites is 2. The Balaban J connectivity index is 1.53. The van der Waals surface area contributed by atoms with Crippen LogP contribution in [-0.4, -0.2) is 37.8 Å². The van der Waals surface area contributed by atoms with E-state index in [1.807, 2.05) is 24.3 Å². The standard InChI is InChI=1S/C13H14N6O/c20-13(14-6-5-9-8-15-19-18-9)7-12-16-10-3-1-2-4-11(10)17-12/h1-4,8H,5-7H2,(H,14,20)(H,16,17)(H,15,18,19). The molecule has 7 nitrogen and oxygen atoms in total. The summed E-state index contributed by atoms with van der Waals surface area (Å²) in [5.74, 6) is 0.609. The van der Waals surface area contributed by atoms with E-state index in [0.717, 1.165) is 16.7 Å². The summed E-state index contributed by atoms with van der Waals surface area (Å²) in [7, 11) is 0. The molecular weight excluding hydrogens is 256 g/mol. The molecule has 0 saturated heterocycles. The molecule has 0 spiro atoms. The van der Waals surface area contributed by atoms with Gasteiger partial charge in [0.15, 0.2) is 0 Å². The first-order valence-corrected chi connectivity index (χ1v) is 6.36. The molecule has 0 unspecified atom stereocenters. The third-order valence-corrected chi connectivity index (χ3v) is 2.93. The van der Waals surface area contributed by atoms with Crippen LogP contribution in [0.2, 0.25) is 0 Å². The average Bonchev–Trinajstić information content (AvgIpc) is 3.06. The lowest BCUT2D eigenvalue weighted by Gasteiger charge is -2.01. The smallest absolute Gasteiger partial charge is 0.227 e. The Kier molecular flexibility index (Phi) is 3.40. The monoisotopic (exact) mass is 270 g/mol. The van der Waals surface area contributed by atoms with Crippen molar-refractivity contribution in [1.29, 1.82) is 0 Å². The van der Waals surface area contributed by atoms with Crippen LogP contribution < -0.4 is 5.32 Å². The largest absolute Gasteiger partial charge is 0.355 e. The third kappa shape index (κ3) is 2.82. The summed E-state index contributed by atoms with van der Waals surface area (Å²) < 4.78 is 0. The normalized spacial score (nSPS) is 10.8. The topological polar surface area (TPSA) is 99.4 Å². The van der Waals surface area contributed by atoms with Gasteiger partial charge >= 0.3 is 0 Å². The van der Waals surface area contributed by atoms with Gasteiger partial charge in [-0.1, -0.05) is 12.1 Å². The highest BCUT2D eigenvalue weighted by Crippen LogP contribution is 2.10. The van der Waals surface area contributed by atoms with Gasteiger partial charge in [-0.15, -0.1) is 0 Å². The van der Waals surface area contributed by atoms with Crippen LogP contribution in [-0.2, 0) is 17.6 Å². The van der Waals surface area contributed by atoms with Crippen molar-refractivity contribution in [2.45, 2.75) is 12.8 Å². The number of hydrogen-bond acceptors (Lipinski definition) is 4. The zero-order valence-corrected chi connectivity index (χ0v) is 10.8. The maximum absolute atomic E-state index is 11.8. The molecule has 3 aromatic rings. The van der Waals surface area contributed by atoms with Gasteiger partial charge in [0.2, 0.25) is 5.91 Å². The number of nitrogens with one attached hydrogen (secondary N) is 3. The highest BCUT2D eigenvalue weighted by atomic mass is 16.1. The first-order chi connectivity index (χ1) is 9.81. The zero-order valence-electron chi connectivity index (χ0n) is 10.8. The molecule has 3 N–H and O–H groups in total. The minimum Gasteiger partial charge on any atom is -0.355 e. The lowest BCUT2D eigenvalue weighted by molar-refractivity contribution is -0.120. The molecule has 0 atom stereocenters. The third-order valence-electron chi connectivity index (χ3n) is 2.93. The number of aromatic nitrogens is 5. The number of imidazole rings is 1. The predicted octanol–water partition coefficient (Wildman–Crippen LogP) is 0.582. The maximum Gasteiger partial charge on any atom is 0.227 e. The molecule has 2 heterocycles. The zero-order chi connectivity index (χ0) is 13.8. The Morgan fingerprint density at radius 2 is 2.20 bits per heavy atom. The van der Waals surface area contributed by atoms with Crippen LogP contribution in [0.4, 0.5) is 0 Å². The number of fused-ring (bicyclic) bond motifs is 1. The van der Waals surface area contributed by atoms with Crippen LogP contribution in [0, 0.1) is 0 Å². The molecule has 1 amide bonds. The van der Waals surface area contributed by atoms with Crippen molar-refractivity contribution in [3.8, 4) is 0 Å². The van der Waals surface area contributed by atoms with Gasteiger partial charge in [-0.25, -0.2) is 4.98 Å². The molecule has 3 rings (SSSR count). The highest BCUT2D eigenvalue weighted by Gasteiger charge is 2.07. The lowest BCUT2D eigenvalue weighted by atomic mass is 10.3. The molecule has 20 heavy (non-hydrogen) atoms. The molecular formula is C13H14N6O. The van der Waals surface area contributed by atoms with E-state index in [0.29, 0.717) is 18.8 Å². The number of carbonyl (C=O) groups excluding carboxylic acids is 1. The molecule has 7 heteroatoms. The van der Waals surface area contributed by atoms with E-state index in [2.05, 4.69) is 30.7 Å². The molecule has 0 fully saturated rings. The van der Waals surface area contributed by atoms with Crippen LogP contribution in [0.1, 0.15) is 11.5 Å². The van der Waals surface area contributed by atoms with Gasteiger partial charge in [-0.3, -0.25) is 4.79 Å². The van der Waals surface area contributed by atoms with E-state index >= 15 is 0 Å². The maximum atomic E-state index is 11.8. The molecule has 0 saturated carbocycles. The van der Waals surface area contributed by atoms with Gasteiger partial charge in [0.05, 0.1) is 29.3 Å². The van der Waals surface area contributed by atoms with Gasteiger partial charge in [-0.05, 0) is 12.1 Å². The fourth-order valence-corrected chi connectivity index (χ4v) is 1.98. The van der Waals surface area contributed by atoms with Crippen molar-refractivity contribution in [1.82, 2.24) is 30.7 Å². The van der Waals surface area contributed by atoms with E-state index in [9.17, 15) is 4.79 Å². The second kappa shape index (κ2) is 5.52. The predicted molar refractivity (Wildman–Crippen MR) is 72.9 cm³/mol. The van der Waals surface area contributed by atoms with Crippen LogP contribution in [0.5, 0.6) is 0 Å². The van der Waals surface area contributed by atoms with Crippen molar-refractivity contribution in [2.24, 2.45) is 0 Å². The second-order valence-corrected chi connectivity index (χ2v) is 4.44. The average molecular weight is 270 g/mol. The highest BCUT2D eigenvalue weighted by molar-refractivity contribution is 5.80. The number of H-pyrrole nitrogens is 2. The first kappa shape index (κ1) is 12.3. The first-order valence-electron chi connectivity index (χ1n) is 6.36. The number of benzene rings is 1. The minimum atomic E-state index is -0.0625. The summed E-state index contributed by atoms with van der Waals surface area (Å²) in [5, 5.41) is 13.0. The number of aromatic amines is 2. The Bertz CT molecular complexity index is 670. The molecule has 0 radical (unpaired) electrons. The molecule has 0 bridgehead atoms. The Labute approximate surface area is 114 Å². The van der Waals surface area contributed by atoms with E-state index in [-0.39, 0.29) is 12.3 Å². The van der Waals surface area contributed by atoms with Gasteiger partial charge < -0.3 is 10.3 Å². The Morgan fingerprint density at radius 3 is 3.00 bits per heavy atom. The molecule has 1 aromatic carbocycles. The number of rotatable bonds is 5. The molecule has 0 aliphatic rings. The Morgan fingerprint density at radius 1 is 1.30 bits per heavy atom. The molecule has 0 aliphatic carbocycles. The van der Waals surface area contributed by atoms with Crippen LogP contribution in [0.25, 0.3) is 11.0 Å². The van der Waals surface area contributed by atoms with Gasteiger partial charge in [0.1, 0.15) is 5.82 Å². The fourth-order valence-electron chi connectivity index (χ4n) is 1.98. The lowest BCUT2D eigenvalue weighted by Crippen LogP contribution is -2.27. The van der Waals surface area contributed by atoms with Crippen molar-refractivity contribution in [2.75, 3.05) is 6.54 Å². The number of nitrogens with zero attached hydrogens (tertiary/aromatic N) is 3. The van der Waals surface area contributed by atoms with Crippen molar-refractivity contribution >= 4 is 16.9 Å². The van der Waals surface area contributed by atoms with E-state index < -0.39 is 0 Å². The van der Waals surface area contributed by atoms with Crippen LogP contribution in [0.3, 0.4) is 0 Å². The van der Waals surface area contributed by atoms with Crippen LogP contribution >= 0.6 is 0 Å². The number of hydrogen-bond donors (Lipinski definition) is 3. The molecule has 0 aliphatic heterocycles. The summed E-state index contributed by atoms with van der Waals surface area (Å²) in [5.41, 5.74) is 2.64. The van der Waals surface area contributed by atoms with Crippen molar-refractivity contribution in [3.63, 3.8) is 0 Å². The second-order valence-electron chi connectivity index (χ2n) is 4.44. The van der Waals surface area contributed by atoms with E-state index in [1.54, 1.807) is 6.20 Å². The number of amides is 1. The van der Waals surface area contributed by atoms with Crippen LogP contribution in [0.15, 0.2) is 30.5 Å². The fraction of sp³-hybridized carbons (Fsp3) is 0.231.